The Bertz CT molecular complexity index is 533. The molecule has 0 saturated heterocycles. The first-order valence-electron chi connectivity index (χ1n) is 5.66. The number of amides is 1. The number of rotatable bonds is 4. The number of aromatic nitrogens is 1. The first-order valence-corrected chi connectivity index (χ1v) is 6.54. The molecule has 0 spiro atoms. The molecule has 2 aromatic rings. The summed E-state index contributed by atoms with van der Waals surface area (Å²) in [6.45, 7) is 4.21. The molecule has 2 N–H and O–H groups in total. The fraction of sp³-hybridized carbons (Fsp3) is 0.231. The van der Waals surface area contributed by atoms with Gasteiger partial charge in [-0.2, -0.15) is 0 Å². The molecule has 4 nitrogen and oxygen atoms in total. The van der Waals surface area contributed by atoms with Crippen LogP contribution in [0.15, 0.2) is 29.6 Å². The van der Waals surface area contributed by atoms with E-state index in [4.69, 9.17) is 0 Å². The van der Waals surface area contributed by atoms with Crippen molar-refractivity contribution in [1.29, 1.82) is 0 Å². The molecule has 18 heavy (non-hydrogen) atoms. The summed E-state index contributed by atoms with van der Waals surface area (Å²) in [5, 5.41) is 9.14. The molecule has 0 fully saturated rings. The zero-order valence-electron chi connectivity index (χ0n) is 10.4. The molecule has 0 saturated carbocycles. The van der Waals surface area contributed by atoms with Crippen molar-refractivity contribution in [2.45, 2.75) is 20.4 Å². The van der Waals surface area contributed by atoms with Crippen molar-refractivity contribution >= 4 is 28.6 Å². The van der Waals surface area contributed by atoms with Crippen LogP contribution in [0.5, 0.6) is 0 Å². The van der Waals surface area contributed by atoms with Crippen LogP contribution in [0, 0.1) is 6.92 Å². The number of hydrogen-bond donors (Lipinski definition) is 2. The quantitative estimate of drug-likeness (QED) is 0.889. The molecule has 0 bridgehead atoms. The maximum atomic E-state index is 10.9. The van der Waals surface area contributed by atoms with Crippen molar-refractivity contribution in [2.24, 2.45) is 0 Å². The Morgan fingerprint density at radius 3 is 2.50 bits per heavy atom. The van der Waals surface area contributed by atoms with E-state index in [-0.39, 0.29) is 5.91 Å². The van der Waals surface area contributed by atoms with Gasteiger partial charge in [0.2, 0.25) is 5.91 Å². The van der Waals surface area contributed by atoms with Crippen molar-refractivity contribution in [2.75, 3.05) is 10.6 Å². The van der Waals surface area contributed by atoms with Crippen LogP contribution >= 0.6 is 11.3 Å². The average Bonchev–Trinajstić information content (AvgIpc) is 2.74. The predicted octanol–water partition coefficient (Wildman–Crippen LogP) is 3.02. The van der Waals surface area contributed by atoms with Crippen LogP contribution in [0.3, 0.4) is 0 Å². The van der Waals surface area contributed by atoms with Gasteiger partial charge in [-0.3, -0.25) is 4.79 Å². The molecule has 0 aliphatic heterocycles. The van der Waals surface area contributed by atoms with Gasteiger partial charge in [0.15, 0.2) is 0 Å². The number of benzene rings is 1. The van der Waals surface area contributed by atoms with Crippen molar-refractivity contribution in [1.82, 2.24) is 4.98 Å². The highest BCUT2D eigenvalue weighted by atomic mass is 32.1. The molecule has 1 aromatic carbocycles. The van der Waals surface area contributed by atoms with Crippen molar-refractivity contribution in [3.63, 3.8) is 0 Å². The van der Waals surface area contributed by atoms with E-state index in [1.165, 1.54) is 6.92 Å². The number of nitrogens with zero attached hydrogens (tertiary/aromatic N) is 1. The van der Waals surface area contributed by atoms with E-state index < -0.39 is 0 Å². The summed E-state index contributed by atoms with van der Waals surface area (Å²) in [5.41, 5.74) is 2.86. The first-order chi connectivity index (χ1) is 8.63. The van der Waals surface area contributed by atoms with Gasteiger partial charge < -0.3 is 10.6 Å². The maximum Gasteiger partial charge on any atom is 0.221 e. The maximum absolute atomic E-state index is 10.9. The van der Waals surface area contributed by atoms with Gasteiger partial charge >= 0.3 is 0 Å². The highest BCUT2D eigenvalue weighted by Gasteiger charge is 1.99. The molecule has 5 heteroatoms. The lowest BCUT2D eigenvalue weighted by molar-refractivity contribution is -0.114. The van der Waals surface area contributed by atoms with Crippen LogP contribution < -0.4 is 10.6 Å². The number of aryl methyl sites for hydroxylation is 1. The highest BCUT2D eigenvalue weighted by molar-refractivity contribution is 7.09. The molecule has 94 valence electrons. The Morgan fingerprint density at radius 2 is 1.94 bits per heavy atom. The van der Waals surface area contributed by atoms with Crippen LogP contribution in [0.25, 0.3) is 0 Å². The molecule has 1 aromatic heterocycles. The molecule has 0 unspecified atom stereocenters. The number of carbonyl (C=O) groups excluding carboxylic acids is 1. The number of nitrogens with one attached hydrogen (secondary N) is 2. The second-order valence-electron chi connectivity index (χ2n) is 3.97. The molecule has 0 aliphatic rings. The van der Waals surface area contributed by atoms with Gasteiger partial charge in [0.25, 0.3) is 0 Å². The molecule has 0 aliphatic carbocycles. The summed E-state index contributed by atoms with van der Waals surface area (Å²) in [5.74, 6) is -0.0614. The molecule has 1 heterocycles. The van der Waals surface area contributed by atoms with Gasteiger partial charge in [-0.25, -0.2) is 4.98 Å². The zero-order chi connectivity index (χ0) is 13.0. The van der Waals surface area contributed by atoms with Gasteiger partial charge in [0.1, 0.15) is 0 Å². The van der Waals surface area contributed by atoms with Crippen LogP contribution in [-0.4, -0.2) is 10.9 Å². The monoisotopic (exact) mass is 261 g/mol. The molecular formula is C13H15N3OS. The Kier molecular flexibility index (Phi) is 3.94. The third-order valence-corrected chi connectivity index (χ3v) is 3.17. The van der Waals surface area contributed by atoms with Crippen LogP contribution in [0.1, 0.15) is 17.6 Å². The third kappa shape index (κ3) is 3.56. The lowest BCUT2D eigenvalue weighted by Gasteiger charge is -2.06. The molecule has 1 amide bonds. The lowest BCUT2D eigenvalue weighted by Crippen LogP contribution is -2.05. The SMILES string of the molecule is CC(=O)Nc1ccc(NCc2csc(C)n2)cc1. The summed E-state index contributed by atoms with van der Waals surface area (Å²) in [7, 11) is 0. The van der Waals surface area contributed by atoms with Crippen LogP contribution in [-0.2, 0) is 11.3 Å². The number of carbonyl (C=O) groups is 1. The number of anilines is 2. The Hall–Kier alpha value is -1.88. The zero-order valence-corrected chi connectivity index (χ0v) is 11.2. The highest BCUT2D eigenvalue weighted by Crippen LogP contribution is 2.15. The molecular weight excluding hydrogens is 246 g/mol. The third-order valence-electron chi connectivity index (χ3n) is 2.35. The summed E-state index contributed by atoms with van der Waals surface area (Å²) >= 11 is 1.65. The molecule has 0 radical (unpaired) electrons. The second kappa shape index (κ2) is 5.64. The minimum absolute atomic E-state index is 0.0614. The molecule has 2 rings (SSSR count). The van der Waals surface area contributed by atoms with E-state index in [1.54, 1.807) is 11.3 Å². The summed E-state index contributed by atoms with van der Waals surface area (Å²) in [6.07, 6.45) is 0. The van der Waals surface area contributed by atoms with Crippen molar-refractivity contribution in [3.05, 3.63) is 40.3 Å². The Morgan fingerprint density at radius 1 is 1.28 bits per heavy atom. The van der Waals surface area contributed by atoms with Gasteiger partial charge in [-0.15, -0.1) is 11.3 Å². The van der Waals surface area contributed by atoms with Crippen LogP contribution in [0.2, 0.25) is 0 Å². The van der Waals surface area contributed by atoms with Crippen molar-refractivity contribution in [3.8, 4) is 0 Å². The van der Waals surface area contributed by atoms with E-state index in [9.17, 15) is 4.79 Å². The Balaban J connectivity index is 1.92. The number of thiazole rings is 1. The van der Waals surface area contributed by atoms with Gasteiger partial charge in [-0.1, -0.05) is 0 Å². The first kappa shape index (κ1) is 12.6. The van der Waals surface area contributed by atoms with Crippen molar-refractivity contribution < 1.29 is 4.79 Å². The van der Waals surface area contributed by atoms with E-state index in [1.807, 2.05) is 36.6 Å². The fourth-order valence-electron chi connectivity index (χ4n) is 1.56. The lowest BCUT2D eigenvalue weighted by atomic mass is 10.2. The fourth-order valence-corrected chi connectivity index (χ4v) is 2.17. The summed E-state index contributed by atoms with van der Waals surface area (Å²) < 4.78 is 0. The van der Waals surface area contributed by atoms with Gasteiger partial charge in [0, 0.05) is 23.7 Å². The minimum Gasteiger partial charge on any atom is -0.379 e. The van der Waals surface area contributed by atoms with Crippen LogP contribution in [0.4, 0.5) is 11.4 Å². The molecule has 0 atom stereocenters. The summed E-state index contributed by atoms with van der Waals surface area (Å²) in [6, 6.07) is 7.61. The second-order valence-corrected chi connectivity index (χ2v) is 5.03. The predicted molar refractivity (Wildman–Crippen MR) is 74.9 cm³/mol. The van der Waals surface area contributed by atoms with Gasteiger partial charge in [0.05, 0.1) is 17.2 Å². The van der Waals surface area contributed by atoms with E-state index in [0.29, 0.717) is 6.54 Å². The minimum atomic E-state index is -0.0614. The smallest absolute Gasteiger partial charge is 0.221 e. The van der Waals surface area contributed by atoms with Gasteiger partial charge in [-0.05, 0) is 31.2 Å². The topological polar surface area (TPSA) is 54.0 Å². The van der Waals surface area contributed by atoms with E-state index in [0.717, 1.165) is 22.1 Å². The normalized spacial score (nSPS) is 10.1. The van der Waals surface area contributed by atoms with E-state index in [2.05, 4.69) is 15.6 Å². The average molecular weight is 261 g/mol. The standard InChI is InChI=1S/C13H15N3OS/c1-9(17)15-12-5-3-11(4-6-12)14-7-13-8-18-10(2)16-13/h3-6,8,14H,7H2,1-2H3,(H,15,17). The summed E-state index contributed by atoms with van der Waals surface area (Å²) in [4.78, 5) is 15.3. The Labute approximate surface area is 110 Å². The largest absolute Gasteiger partial charge is 0.379 e. The van der Waals surface area contributed by atoms with E-state index >= 15 is 0 Å². The number of hydrogen-bond acceptors (Lipinski definition) is 4.